The third kappa shape index (κ3) is 3.22. The summed E-state index contributed by atoms with van der Waals surface area (Å²) < 4.78 is 1.93. The molecule has 5 rings (SSSR count). The predicted molar refractivity (Wildman–Crippen MR) is 113 cm³/mol. The molecule has 1 aromatic carbocycles. The fourth-order valence-electron chi connectivity index (χ4n) is 3.41. The van der Waals surface area contributed by atoms with Crippen molar-refractivity contribution in [1.82, 2.24) is 34.5 Å². The van der Waals surface area contributed by atoms with Gasteiger partial charge in [-0.05, 0) is 36.8 Å². The maximum absolute atomic E-state index is 12.7. The summed E-state index contributed by atoms with van der Waals surface area (Å²) >= 11 is 0. The molecule has 0 saturated carbocycles. The molecule has 0 unspecified atom stereocenters. The van der Waals surface area contributed by atoms with Gasteiger partial charge in [0.15, 0.2) is 0 Å². The smallest absolute Gasteiger partial charge is 0.261 e. The normalized spacial score (nSPS) is 11.1. The van der Waals surface area contributed by atoms with Crippen LogP contribution in [0.2, 0.25) is 0 Å². The highest BCUT2D eigenvalue weighted by Gasteiger charge is 2.16. The Kier molecular flexibility index (Phi) is 4.32. The number of nitrogens with one attached hydrogen (secondary N) is 3. The van der Waals surface area contributed by atoms with Crippen LogP contribution in [-0.4, -0.2) is 34.5 Å². The zero-order chi connectivity index (χ0) is 20.5. The lowest BCUT2D eigenvalue weighted by atomic mass is 10.2. The molecule has 9 nitrogen and oxygen atoms in total. The van der Waals surface area contributed by atoms with Gasteiger partial charge in [0.05, 0.1) is 29.6 Å². The summed E-state index contributed by atoms with van der Waals surface area (Å²) in [6.07, 6.45) is 10.3. The standard InChI is InChI=1S/C21H18N8O/c1-13-9-14(29-8-7-22-12-29)10-16-19(13)28-20(27-16)18-15(3-6-25-21(18)30)26-11-17-23-4-2-5-24-17/h2-10,12H,11H2,1H3,(H,27,28)(H2,25,26,30). The summed E-state index contributed by atoms with van der Waals surface area (Å²) in [5.41, 5.74) is 4.47. The summed E-state index contributed by atoms with van der Waals surface area (Å²) in [4.78, 5) is 35.9. The molecule has 3 N–H and O–H groups in total. The van der Waals surface area contributed by atoms with Gasteiger partial charge in [0.25, 0.3) is 5.56 Å². The van der Waals surface area contributed by atoms with Crippen LogP contribution in [0.5, 0.6) is 0 Å². The topological polar surface area (TPSA) is 117 Å². The quantitative estimate of drug-likeness (QED) is 0.419. The fourth-order valence-corrected chi connectivity index (χ4v) is 3.41. The van der Waals surface area contributed by atoms with Crippen molar-refractivity contribution in [3.8, 4) is 17.1 Å². The molecule has 0 atom stereocenters. The minimum Gasteiger partial charge on any atom is -0.377 e. The molecule has 9 heteroatoms. The van der Waals surface area contributed by atoms with Crippen LogP contribution in [0.4, 0.5) is 5.69 Å². The Morgan fingerprint density at radius 2 is 2.03 bits per heavy atom. The van der Waals surface area contributed by atoms with Crippen LogP contribution >= 0.6 is 0 Å². The van der Waals surface area contributed by atoms with Crippen LogP contribution in [0.25, 0.3) is 28.1 Å². The minimum absolute atomic E-state index is 0.236. The molecule has 5 aromatic rings. The number of hydrogen-bond donors (Lipinski definition) is 3. The number of aromatic amines is 2. The number of imidazole rings is 2. The van der Waals surface area contributed by atoms with Crippen molar-refractivity contribution < 1.29 is 0 Å². The second kappa shape index (κ2) is 7.28. The first kappa shape index (κ1) is 17.8. The zero-order valence-corrected chi connectivity index (χ0v) is 16.1. The van der Waals surface area contributed by atoms with Crippen molar-refractivity contribution in [2.24, 2.45) is 0 Å². The number of aromatic nitrogens is 7. The van der Waals surface area contributed by atoms with E-state index < -0.39 is 0 Å². The summed E-state index contributed by atoms with van der Waals surface area (Å²) in [5.74, 6) is 1.13. The van der Waals surface area contributed by atoms with Crippen molar-refractivity contribution in [3.05, 3.63) is 83.3 Å². The third-order valence-corrected chi connectivity index (χ3v) is 4.82. The summed E-state index contributed by atoms with van der Waals surface area (Å²) in [6.45, 7) is 2.38. The lowest BCUT2D eigenvalue weighted by Gasteiger charge is -2.08. The SMILES string of the molecule is Cc1cc(-n2ccnc2)cc2[nH]c(-c3c(NCc4ncccn4)cc[nH]c3=O)nc12. The molecule has 0 fully saturated rings. The van der Waals surface area contributed by atoms with Crippen LogP contribution < -0.4 is 10.9 Å². The Bertz CT molecular complexity index is 1370. The summed E-state index contributed by atoms with van der Waals surface area (Å²) in [7, 11) is 0. The van der Waals surface area contributed by atoms with Gasteiger partial charge in [0.1, 0.15) is 17.2 Å². The molecule has 0 saturated heterocycles. The number of hydrogen-bond acceptors (Lipinski definition) is 6. The van der Waals surface area contributed by atoms with Gasteiger partial charge in [-0.2, -0.15) is 0 Å². The maximum atomic E-state index is 12.7. The van der Waals surface area contributed by atoms with Gasteiger partial charge in [-0.25, -0.2) is 19.9 Å². The van der Waals surface area contributed by atoms with Crippen molar-refractivity contribution in [3.63, 3.8) is 0 Å². The van der Waals surface area contributed by atoms with Crippen molar-refractivity contribution >= 4 is 16.7 Å². The summed E-state index contributed by atoms with van der Waals surface area (Å²) in [6, 6.07) is 7.59. The van der Waals surface area contributed by atoms with E-state index in [0.717, 1.165) is 22.3 Å². The van der Waals surface area contributed by atoms with E-state index in [1.165, 1.54) is 0 Å². The zero-order valence-electron chi connectivity index (χ0n) is 16.1. The first-order chi connectivity index (χ1) is 14.7. The molecule has 0 spiro atoms. The van der Waals surface area contributed by atoms with E-state index >= 15 is 0 Å². The number of rotatable bonds is 5. The number of fused-ring (bicyclic) bond motifs is 1. The number of aryl methyl sites for hydroxylation is 1. The Labute approximate surface area is 170 Å². The van der Waals surface area contributed by atoms with Gasteiger partial charge >= 0.3 is 0 Å². The number of anilines is 1. The highest BCUT2D eigenvalue weighted by atomic mass is 16.1. The van der Waals surface area contributed by atoms with Crippen LogP contribution in [0.1, 0.15) is 11.4 Å². The Hall–Kier alpha value is -4.27. The van der Waals surface area contributed by atoms with E-state index in [4.69, 9.17) is 4.98 Å². The molecule has 0 amide bonds. The minimum atomic E-state index is -0.236. The van der Waals surface area contributed by atoms with Crippen molar-refractivity contribution in [2.75, 3.05) is 5.32 Å². The summed E-state index contributed by atoms with van der Waals surface area (Å²) in [5, 5.41) is 3.24. The molecule has 4 aromatic heterocycles. The van der Waals surface area contributed by atoms with Crippen molar-refractivity contribution in [1.29, 1.82) is 0 Å². The number of nitrogens with zero attached hydrogens (tertiary/aromatic N) is 5. The predicted octanol–water partition coefficient (Wildman–Crippen LogP) is 2.81. The van der Waals surface area contributed by atoms with Gasteiger partial charge in [-0.15, -0.1) is 0 Å². The van der Waals surface area contributed by atoms with Gasteiger partial charge in [-0.3, -0.25) is 4.79 Å². The number of H-pyrrole nitrogens is 2. The monoisotopic (exact) mass is 398 g/mol. The lowest BCUT2D eigenvalue weighted by molar-refractivity contribution is 0.947. The molecular weight excluding hydrogens is 380 g/mol. The average molecular weight is 398 g/mol. The maximum Gasteiger partial charge on any atom is 0.261 e. The van der Waals surface area contributed by atoms with Gasteiger partial charge in [-0.1, -0.05) is 0 Å². The Morgan fingerprint density at radius 3 is 2.83 bits per heavy atom. The van der Waals surface area contributed by atoms with Gasteiger partial charge < -0.3 is 19.9 Å². The molecule has 30 heavy (non-hydrogen) atoms. The fraction of sp³-hybridized carbons (Fsp3) is 0.0952. The van der Waals surface area contributed by atoms with E-state index in [2.05, 4.69) is 30.2 Å². The largest absolute Gasteiger partial charge is 0.377 e. The first-order valence-electron chi connectivity index (χ1n) is 9.39. The second-order valence-corrected chi connectivity index (χ2v) is 6.83. The van der Waals surface area contributed by atoms with E-state index in [-0.39, 0.29) is 5.56 Å². The number of pyridine rings is 1. The van der Waals surface area contributed by atoms with Crippen LogP contribution in [-0.2, 0) is 6.54 Å². The van der Waals surface area contributed by atoms with Crippen LogP contribution in [0, 0.1) is 6.92 Å². The van der Waals surface area contributed by atoms with Gasteiger partial charge in [0.2, 0.25) is 0 Å². The molecule has 0 bridgehead atoms. The highest BCUT2D eigenvalue weighted by Crippen LogP contribution is 2.27. The van der Waals surface area contributed by atoms with E-state index in [0.29, 0.717) is 29.4 Å². The van der Waals surface area contributed by atoms with E-state index in [1.807, 2.05) is 29.8 Å². The Morgan fingerprint density at radius 1 is 1.17 bits per heavy atom. The van der Waals surface area contributed by atoms with E-state index in [1.54, 1.807) is 43.2 Å². The molecule has 0 radical (unpaired) electrons. The Balaban J connectivity index is 1.57. The molecule has 0 aliphatic heterocycles. The van der Waals surface area contributed by atoms with Gasteiger partial charge in [0, 0.05) is 36.7 Å². The molecule has 4 heterocycles. The lowest BCUT2D eigenvalue weighted by Crippen LogP contribution is -2.13. The average Bonchev–Trinajstić information content (AvgIpc) is 3.43. The second-order valence-electron chi connectivity index (χ2n) is 6.83. The molecule has 0 aliphatic rings. The molecule has 148 valence electrons. The molecular formula is C21H18N8O. The van der Waals surface area contributed by atoms with E-state index in [9.17, 15) is 4.79 Å². The van der Waals surface area contributed by atoms with Crippen LogP contribution in [0.15, 0.2) is 66.4 Å². The third-order valence-electron chi connectivity index (χ3n) is 4.82. The van der Waals surface area contributed by atoms with Crippen LogP contribution in [0.3, 0.4) is 0 Å². The first-order valence-corrected chi connectivity index (χ1v) is 9.39. The highest BCUT2D eigenvalue weighted by molar-refractivity contribution is 5.86. The van der Waals surface area contributed by atoms with Crippen molar-refractivity contribution in [2.45, 2.75) is 13.5 Å². The molecule has 0 aliphatic carbocycles. The number of benzene rings is 1.